The molecule has 1 aromatic rings. The van der Waals surface area contributed by atoms with Gasteiger partial charge in [0.15, 0.2) is 0 Å². The van der Waals surface area contributed by atoms with Crippen molar-refractivity contribution in [3.05, 3.63) is 29.3 Å². The Bertz CT molecular complexity index is 431. The highest BCUT2D eigenvalue weighted by atomic mass is 32.1. The highest BCUT2D eigenvalue weighted by Crippen LogP contribution is 2.28. The Labute approximate surface area is 88.8 Å². The second-order valence-corrected chi connectivity index (χ2v) is 3.97. The van der Waals surface area contributed by atoms with E-state index in [2.05, 4.69) is 11.0 Å². The lowest BCUT2D eigenvalue weighted by Crippen LogP contribution is -2.24. The summed E-state index contributed by atoms with van der Waals surface area (Å²) >= 11 is 5.15. The van der Waals surface area contributed by atoms with Crippen molar-refractivity contribution >= 4 is 22.9 Å². The van der Waals surface area contributed by atoms with E-state index in [9.17, 15) is 0 Å². The third-order valence-electron chi connectivity index (χ3n) is 2.48. The molecule has 0 saturated carbocycles. The van der Waals surface area contributed by atoms with Crippen LogP contribution in [0.4, 0.5) is 5.69 Å². The van der Waals surface area contributed by atoms with Crippen molar-refractivity contribution in [2.75, 3.05) is 11.4 Å². The van der Waals surface area contributed by atoms with Crippen LogP contribution < -0.4 is 4.90 Å². The fourth-order valence-electron chi connectivity index (χ4n) is 1.80. The summed E-state index contributed by atoms with van der Waals surface area (Å²) in [6.07, 6.45) is 0.985. The largest absolute Gasteiger partial charge is 0.336 e. The summed E-state index contributed by atoms with van der Waals surface area (Å²) in [5.41, 5.74) is 3.12. The van der Waals surface area contributed by atoms with Gasteiger partial charge in [0.05, 0.1) is 16.6 Å². The maximum absolute atomic E-state index is 8.75. The van der Waals surface area contributed by atoms with E-state index in [4.69, 9.17) is 17.5 Å². The van der Waals surface area contributed by atoms with Gasteiger partial charge in [0.1, 0.15) is 0 Å². The lowest BCUT2D eigenvalue weighted by atomic mass is 10.1. The fraction of sp³-hybridized carbons (Fsp3) is 0.273. The predicted octanol–water partition coefficient (Wildman–Crippen LogP) is 2.27. The fourth-order valence-corrected chi connectivity index (χ4v) is 1.99. The molecule has 2 rings (SSSR count). The summed E-state index contributed by atoms with van der Waals surface area (Å²) in [6.45, 7) is 2.88. The summed E-state index contributed by atoms with van der Waals surface area (Å²) in [7, 11) is 0. The number of anilines is 1. The van der Waals surface area contributed by atoms with E-state index in [1.165, 1.54) is 5.56 Å². The van der Waals surface area contributed by atoms with Gasteiger partial charge in [-0.2, -0.15) is 5.26 Å². The standard InChI is InChI=1S/C11H10N2S/c1-8(14)13-5-4-10-6-9(7-12)2-3-11(10)13/h2-3,6H,4-5H2,1H3. The summed E-state index contributed by atoms with van der Waals surface area (Å²) in [5, 5.41) is 8.75. The molecular formula is C11H10N2S. The molecule has 0 atom stereocenters. The van der Waals surface area contributed by atoms with Gasteiger partial charge in [0.2, 0.25) is 0 Å². The number of hydrogen-bond donors (Lipinski definition) is 0. The molecule has 2 nitrogen and oxygen atoms in total. The van der Waals surface area contributed by atoms with Gasteiger partial charge in [-0.3, -0.25) is 0 Å². The lowest BCUT2D eigenvalue weighted by Gasteiger charge is -2.16. The van der Waals surface area contributed by atoms with E-state index < -0.39 is 0 Å². The Morgan fingerprint density at radius 1 is 1.57 bits per heavy atom. The zero-order valence-corrected chi connectivity index (χ0v) is 8.77. The van der Waals surface area contributed by atoms with E-state index >= 15 is 0 Å². The zero-order chi connectivity index (χ0) is 10.1. The first-order chi connectivity index (χ1) is 6.72. The minimum absolute atomic E-state index is 0.729. The average molecular weight is 202 g/mol. The van der Waals surface area contributed by atoms with E-state index in [1.807, 2.05) is 25.1 Å². The topological polar surface area (TPSA) is 27.0 Å². The van der Waals surface area contributed by atoms with Crippen molar-refractivity contribution in [3.8, 4) is 6.07 Å². The second-order valence-electron chi connectivity index (χ2n) is 3.38. The van der Waals surface area contributed by atoms with Crippen molar-refractivity contribution in [2.45, 2.75) is 13.3 Å². The van der Waals surface area contributed by atoms with Crippen LogP contribution in [0, 0.1) is 11.3 Å². The van der Waals surface area contributed by atoms with E-state index in [0.717, 1.165) is 29.2 Å². The van der Waals surface area contributed by atoms with Crippen LogP contribution in [0.15, 0.2) is 18.2 Å². The first kappa shape index (κ1) is 9.17. The molecule has 14 heavy (non-hydrogen) atoms. The second kappa shape index (κ2) is 3.39. The molecule has 1 aliphatic rings. The number of benzene rings is 1. The highest BCUT2D eigenvalue weighted by molar-refractivity contribution is 7.80. The van der Waals surface area contributed by atoms with Crippen molar-refractivity contribution in [1.29, 1.82) is 5.26 Å². The summed E-state index contributed by atoms with van der Waals surface area (Å²) in [6, 6.07) is 7.93. The van der Waals surface area contributed by atoms with Crippen molar-refractivity contribution in [2.24, 2.45) is 0 Å². The minimum atomic E-state index is 0.729. The van der Waals surface area contributed by atoms with Crippen LogP contribution in [0.25, 0.3) is 0 Å². The number of nitriles is 1. The third kappa shape index (κ3) is 1.38. The van der Waals surface area contributed by atoms with Gasteiger partial charge in [-0.15, -0.1) is 0 Å². The molecule has 0 spiro atoms. The Morgan fingerprint density at radius 3 is 3.00 bits per heavy atom. The van der Waals surface area contributed by atoms with Crippen LogP contribution in [0.2, 0.25) is 0 Å². The van der Waals surface area contributed by atoms with Gasteiger partial charge in [-0.1, -0.05) is 12.2 Å². The number of fused-ring (bicyclic) bond motifs is 1. The SMILES string of the molecule is CC(=S)N1CCc2cc(C#N)ccc21. The van der Waals surface area contributed by atoms with Crippen molar-refractivity contribution < 1.29 is 0 Å². The maximum atomic E-state index is 8.75. The molecule has 0 fully saturated rings. The van der Waals surface area contributed by atoms with Crippen LogP contribution in [0.1, 0.15) is 18.1 Å². The van der Waals surface area contributed by atoms with Crippen molar-refractivity contribution in [1.82, 2.24) is 0 Å². The molecule has 0 saturated heterocycles. The number of rotatable bonds is 0. The monoisotopic (exact) mass is 202 g/mol. The summed E-state index contributed by atoms with van der Waals surface area (Å²) < 4.78 is 0. The van der Waals surface area contributed by atoms with E-state index in [0.29, 0.717) is 0 Å². The first-order valence-corrected chi connectivity index (χ1v) is 4.94. The first-order valence-electron chi connectivity index (χ1n) is 4.53. The van der Waals surface area contributed by atoms with Crippen LogP contribution in [0.3, 0.4) is 0 Å². The maximum Gasteiger partial charge on any atom is 0.0991 e. The summed E-state index contributed by atoms with van der Waals surface area (Å²) in [5.74, 6) is 0. The van der Waals surface area contributed by atoms with Crippen LogP contribution in [0.5, 0.6) is 0 Å². The highest BCUT2D eigenvalue weighted by Gasteiger charge is 2.19. The Kier molecular flexibility index (Phi) is 2.22. The van der Waals surface area contributed by atoms with Crippen LogP contribution in [-0.2, 0) is 6.42 Å². The smallest absolute Gasteiger partial charge is 0.0991 e. The average Bonchev–Trinajstić information content (AvgIpc) is 2.59. The molecule has 1 aliphatic heterocycles. The number of thiocarbonyl (C=S) groups is 1. The Balaban J connectivity index is 2.44. The number of nitrogens with zero attached hydrogens (tertiary/aromatic N) is 2. The van der Waals surface area contributed by atoms with E-state index in [1.54, 1.807) is 0 Å². The predicted molar refractivity (Wildman–Crippen MR) is 60.5 cm³/mol. The van der Waals surface area contributed by atoms with Crippen LogP contribution in [-0.4, -0.2) is 11.5 Å². The normalized spacial score (nSPS) is 13.6. The molecule has 1 aromatic carbocycles. The Hall–Kier alpha value is -1.40. The Morgan fingerprint density at radius 2 is 2.36 bits per heavy atom. The minimum Gasteiger partial charge on any atom is -0.336 e. The molecular weight excluding hydrogens is 192 g/mol. The van der Waals surface area contributed by atoms with Gasteiger partial charge in [-0.05, 0) is 37.1 Å². The molecule has 70 valence electrons. The molecule has 0 bridgehead atoms. The molecule has 0 N–H and O–H groups in total. The van der Waals surface area contributed by atoms with Gasteiger partial charge in [-0.25, -0.2) is 0 Å². The van der Waals surface area contributed by atoms with Gasteiger partial charge in [0.25, 0.3) is 0 Å². The molecule has 0 unspecified atom stereocenters. The molecule has 0 aliphatic carbocycles. The van der Waals surface area contributed by atoms with Gasteiger partial charge >= 0.3 is 0 Å². The molecule has 3 heteroatoms. The summed E-state index contributed by atoms with van der Waals surface area (Å²) in [4.78, 5) is 3.01. The molecule has 0 radical (unpaired) electrons. The van der Waals surface area contributed by atoms with Gasteiger partial charge in [0, 0.05) is 12.2 Å². The molecule has 0 aromatic heterocycles. The third-order valence-corrected chi connectivity index (χ3v) is 2.70. The molecule has 0 amide bonds. The van der Waals surface area contributed by atoms with Crippen molar-refractivity contribution in [3.63, 3.8) is 0 Å². The quantitative estimate of drug-likeness (QED) is 0.604. The zero-order valence-electron chi connectivity index (χ0n) is 7.95. The van der Waals surface area contributed by atoms with E-state index in [-0.39, 0.29) is 0 Å². The molecule has 1 heterocycles. The van der Waals surface area contributed by atoms with Gasteiger partial charge < -0.3 is 4.90 Å². The lowest BCUT2D eigenvalue weighted by molar-refractivity contribution is 1.03. The van der Waals surface area contributed by atoms with Crippen LogP contribution >= 0.6 is 12.2 Å². The number of hydrogen-bond acceptors (Lipinski definition) is 2.